The van der Waals surface area contributed by atoms with Gasteiger partial charge in [0.25, 0.3) is 0 Å². The van der Waals surface area contributed by atoms with E-state index in [9.17, 15) is 14.4 Å². The van der Waals surface area contributed by atoms with Gasteiger partial charge >= 0.3 is 6.09 Å². The lowest BCUT2D eigenvalue weighted by Crippen LogP contribution is -2.45. The van der Waals surface area contributed by atoms with Gasteiger partial charge in [-0.2, -0.15) is 0 Å². The number of carbonyl (C=O) groups is 3. The monoisotopic (exact) mass is 429 g/mol. The molecule has 3 aromatic carbocycles. The van der Waals surface area contributed by atoms with Gasteiger partial charge in [0.05, 0.1) is 5.92 Å². The van der Waals surface area contributed by atoms with Gasteiger partial charge in [0.1, 0.15) is 12.6 Å². The first-order valence-electron chi connectivity index (χ1n) is 10.3. The lowest BCUT2D eigenvalue weighted by Gasteiger charge is -2.21. The van der Waals surface area contributed by atoms with Gasteiger partial charge in [-0.15, -0.1) is 0 Å². The summed E-state index contributed by atoms with van der Waals surface area (Å²) >= 11 is 0. The Morgan fingerprint density at radius 2 is 1.56 bits per heavy atom. The molecule has 4 rings (SSSR count). The summed E-state index contributed by atoms with van der Waals surface area (Å²) < 4.78 is 5.29. The Morgan fingerprint density at radius 1 is 0.906 bits per heavy atom. The lowest BCUT2D eigenvalue weighted by atomic mass is 9.93. The van der Waals surface area contributed by atoms with Crippen molar-refractivity contribution in [1.29, 1.82) is 0 Å². The molecule has 1 aliphatic rings. The fourth-order valence-electron chi connectivity index (χ4n) is 3.63. The Labute approximate surface area is 185 Å². The highest BCUT2D eigenvalue weighted by Crippen LogP contribution is 2.35. The number of benzene rings is 3. The van der Waals surface area contributed by atoms with Crippen LogP contribution in [0.4, 0.5) is 16.2 Å². The molecule has 2 atom stereocenters. The summed E-state index contributed by atoms with van der Waals surface area (Å²) in [5, 5.41) is 8.25. The Hall–Kier alpha value is -4.13. The third-order valence-electron chi connectivity index (χ3n) is 5.24. The zero-order valence-electron chi connectivity index (χ0n) is 17.3. The van der Waals surface area contributed by atoms with E-state index in [0.29, 0.717) is 5.69 Å². The minimum Gasteiger partial charge on any atom is -0.445 e. The molecular weight excluding hydrogens is 406 g/mol. The number of ether oxygens (including phenoxy) is 1. The second kappa shape index (κ2) is 9.78. The zero-order chi connectivity index (χ0) is 22.3. The molecule has 1 heterocycles. The van der Waals surface area contributed by atoms with Crippen molar-refractivity contribution in [1.82, 2.24) is 5.32 Å². The molecule has 0 radical (unpaired) electrons. The molecule has 0 aliphatic carbocycles. The van der Waals surface area contributed by atoms with Gasteiger partial charge in [0, 0.05) is 11.4 Å². The van der Waals surface area contributed by atoms with Gasteiger partial charge in [0.15, 0.2) is 0 Å². The van der Waals surface area contributed by atoms with E-state index in [4.69, 9.17) is 4.74 Å². The number of hydrogen-bond acceptors (Lipinski definition) is 4. The van der Waals surface area contributed by atoms with Crippen molar-refractivity contribution in [3.8, 4) is 0 Å². The van der Waals surface area contributed by atoms with Crippen molar-refractivity contribution < 1.29 is 19.1 Å². The number of para-hydroxylation sites is 2. The fourth-order valence-corrected chi connectivity index (χ4v) is 3.63. The Balaban J connectivity index is 1.48. The van der Waals surface area contributed by atoms with Crippen molar-refractivity contribution in [2.75, 3.05) is 10.6 Å². The van der Waals surface area contributed by atoms with E-state index < -0.39 is 24.0 Å². The van der Waals surface area contributed by atoms with Crippen LogP contribution in [0.15, 0.2) is 84.9 Å². The molecule has 0 aromatic heterocycles. The summed E-state index contributed by atoms with van der Waals surface area (Å²) in [6.07, 6.45) is -0.629. The molecule has 0 saturated heterocycles. The van der Waals surface area contributed by atoms with E-state index in [1.807, 2.05) is 60.7 Å². The fraction of sp³-hybridized carbons (Fsp3) is 0.160. The minimum absolute atomic E-state index is 0.0758. The van der Waals surface area contributed by atoms with E-state index in [1.165, 1.54) is 0 Å². The van der Waals surface area contributed by atoms with Crippen LogP contribution in [0.2, 0.25) is 0 Å². The summed E-state index contributed by atoms with van der Waals surface area (Å²) in [6, 6.07) is 24.5. The van der Waals surface area contributed by atoms with Gasteiger partial charge in [0.2, 0.25) is 11.8 Å². The molecule has 0 fully saturated rings. The largest absolute Gasteiger partial charge is 0.445 e. The van der Waals surface area contributed by atoms with Crippen molar-refractivity contribution >= 4 is 29.3 Å². The Morgan fingerprint density at radius 3 is 2.31 bits per heavy atom. The third-order valence-corrected chi connectivity index (χ3v) is 5.24. The lowest BCUT2D eigenvalue weighted by molar-refractivity contribution is -0.119. The maximum absolute atomic E-state index is 13.0. The standard InChI is InChI=1S/C25H23N3O4/c29-23-20(19-13-7-8-14-21(19)27-23)15-22(24(30)26-18-11-5-2-6-12-18)28-25(31)32-16-17-9-3-1-4-10-17/h1-14,20,22H,15-16H2,(H,26,30)(H,27,29)(H,28,31)/t20?,22-/m0/s1. The number of nitrogens with one attached hydrogen (secondary N) is 3. The van der Waals surface area contributed by atoms with E-state index in [1.54, 1.807) is 24.3 Å². The predicted octanol–water partition coefficient (Wildman–Crippen LogP) is 4.05. The third kappa shape index (κ3) is 5.13. The van der Waals surface area contributed by atoms with Gasteiger partial charge < -0.3 is 20.7 Å². The SMILES string of the molecule is O=C(N[C@@H](CC1C(=O)Nc2ccccc21)C(=O)Nc1ccccc1)OCc1ccccc1. The normalized spacial score (nSPS) is 15.2. The molecule has 0 spiro atoms. The second-order valence-corrected chi connectivity index (χ2v) is 7.48. The average Bonchev–Trinajstić information content (AvgIpc) is 3.13. The smallest absolute Gasteiger partial charge is 0.408 e. The molecule has 0 bridgehead atoms. The number of rotatable bonds is 7. The summed E-state index contributed by atoms with van der Waals surface area (Å²) in [4.78, 5) is 38.0. The number of amides is 3. The van der Waals surface area contributed by atoms with Crippen molar-refractivity contribution in [3.05, 3.63) is 96.1 Å². The topological polar surface area (TPSA) is 96.5 Å². The van der Waals surface area contributed by atoms with E-state index in [-0.39, 0.29) is 18.9 Å². The zero-order valence-corrected chi connectivity index (χ0v) is 17.3. The first kappa shape index (κ1) is 21.1. The summed E-state index contributed by atoms with van der Waals surface area (Å²) in [6.45, 7) is 0.0758. The van der Waals surface area contributed by atoms with Gasteiger partial charge in [-0.1, -0.05) is 66.7 Å². The number of carbonyl (C=O) groups excluding carboxylic acids is 3. The van der Waals surface area contributed by atoms with Crippen LogP contribution >= 0.6 is 0 Å². The van der Waals surface area contributed by atoms with Gasteiger partial charge in [-0.25, -0.2) is 4.79 Å². The first-order valence-corrected chi connectivity index (χ1v) is 10.3. The molecule has 0 saturated carbocycles. The molecule has 3 N–H and O–H groups in total. The molecule has 3 amide bonds. The van der Waals surface area contributed by atoms with Crippen molar-refractivity contribution in [2.45, 2.75) is 25.0 Å². The molecule has 32 heavy (non-hydrogen) atoms. The van der Waals surface area contributed by atoms with Crippen LogP contribution in [-0.2, 0) is 20.9 Å². The van der Waals surface area contributed by atoms with Crippen LogP contribution < -0.4 is 16.0 Å². The predicted molar refractivity (Wildman–Crippen MR) is 121 cm³/mol. The molecule has 1 unspecified atom stereocenters. The highest BCUT2D eigenvalue weighted by atomic mass is 16.5. The van der Waals surface area contributed by atoms with E-state index in [2.05, 4.69) is 16.0 Å². The second-order valence-electron chi connectivity index (χ2n) is 7.48. The van der Waals surface area contributed by atoms with Crippen molar-refractivity contribution in [3.63, 3.8) is 0 Å². The number of alkyl carbamates (subject to hydrolysis) is 1. The minimum atomic E-state index is -0.972. The molecule has 3 aromatic rings. The number of anilines is 2. The quantitative estimate of drug-likeness (QED) is 0.528. The van der Waals surface area contributed by atoms with E-state index >= 15 is 0 Å². The summed E-state index contributed by atoms with van der Waals surface area (Å²) in [7, 11) is 0. The molecular formula is C25H23N3O4. The number of fused-ring (bicyclic) bond motifs is 1. The first-order chi connectivity index (χ1) is 15.6. The van der Waals surface area contributed by atoms with Gasteiger partial charge in [-0.3, -0.25) is 9.59 Å². The summed E-state index contributed by atoms with van der Waals surface area (Å²) in [5.74, 6) is -1.19. The van der Waals surface area contributed by atoms with Crippen LogP contribution in [0.25, 0.3) is 0 Å². The number of hydrogen-bond donors (Lipinski definition) is 3. The van der Waals surface area contributed by atoms with Crippen molar-refractivity contribution in [2.24, 2.45) is 0 Å². The molecule has 162 valence electrons. The Kier molecular flexibility index (Phi) is 6.46. The van der Waals surface area contributed by atoms with Crippen LogP contribution in [0.3, 0.4) is 0 Å². The average molecular weight is 429 g/mol. The summed E-state index contributed by atoms with van der Waals surface area (Å²) in [5.41, 5.74) is 2.95. The van der Waals surface area contributed by atoms with Crippen LogP contribution in [-0.4, -0.2) is 23.9 Å². The Bertz CT molecular complexity index is 1100. The highest BCUT2D eigenvalue weighted by Gasteiger charge is 2.35. The van der Waals surface area contributed by atoms with Gasteiger partial charge in [-0.05, 0) is 35.7 Å². The molecule has 1 aliphatic heterocycles. The highest BCUT2D eigenvalue weighted by molar-refractivity contribution is 6.04. The molecule has 7 nitrogen and oxygen atoms in total. The van der Waals surface area contributed by atoms with Crippen LogP contribution in [0.5, 0.6) is 0 Å². The van der Waals surface area contributed by atoms with E-state index in [0.717, 1.165) is 16.8 Å². The van der Waals surface area contributed by atoms with Crippen LogP contribution in [0, 0.1) is 0 Å². The maximum atomic E-state index is 13.0. The van der Waals surface area contributed by atoms with Crippen LogP contribution in [0.1, 0.15) is 23.5 Å². The maximum Gasteiger partial charge on any atom is 0.408 e. The molecule has 7 heteroatoms.